The molecular formula is C12H15BrN2O3. The minimum Gasteiger partial charge on any atom is -0.478 e. The van der Waals surface area contributed by atoms with Gasteiger partial charge in [0.25, 0.3) is 0 Å². The number of rotatable bonds is 4. The maximum atomic E-state index is 11.8. The highest BCUT2D eigenvalue weighted by atomic mass is 79.9. The van der Waals surface area contributed by atoms with Crippen molar-refractivity contribution in [3.8, 4) is 0 Å². The third-order valence-corrected chi connectivity index (χ3v) is 3.07. The van der Waals surface area contributed by atoms with Crippen LogP contribution in [0.25, 0.3) is 0 Å². The molecule has 0 heterocycles. The molecule has 0 aliphatic heterocycles. The number of anilines is 1. The second kappa shape index (κ2) is 5.97. The Kier molecular flexibility index (Phi) is 4.86. The van der Waals surface area contributed by atoms with Crippen LogP contribution in [-0.4, -0.2) is 23.0 Å². The van der Waals surface area contributed by atoms with Gasteiger partial charge < -0.3 is 16.2 Å². The number of halogens is 1. The van der Waals surface area contributed by atoms with E-state index in [-0.39, 0.29) is 23.4 Å². The molecule has 0 fully saturated rings. The zero-order valence-electron chi connectivity index (χ0n) is 10.1. The van der Waals surface area contributed by atoms with Gasteiger partial charge >= 0.3 is 5.97 Å². The number of carbonyl (C=O) groups excluding carboxylic acids is 1. The van der Waals surface area contributed by atoms with E-state index in [1.165, 1.54) is 12.1 Å². The summed E-state index contributed by atoms with van der Waals surface area (Å²) in [4.78, 5) is 22.7. The zero-order valence-corrected chi connectivity index (χ0v) is 11.7. The molecular weight excluding hydrogens is 300 g/mol. The molecule has 18 heavy (non-hydrogen) atoms. The molecule has 1 aromatic rings. The highest BCUT2D eigenvalue weighted by Gasteiger charge is 2.17. The van der Waals surface area contributed by atoms with Crippen molar-refractivity contribution in [3.05, 3.63) is 28.2 Å². The van der Waals surface area contributed by atoms with Crippen LogP contribution in [0.15, 0.2) is 22.7 Å². The van der Waals surface area contributed by atoms with Crippen molar-refractivity contribution < 1.29 is 14.7 Å². The number of carboxylic acids is 1. The summed E-state index contributed by atoms with van der Waals surface area (Å²) in [5, 5.41) is 11.6. The van der Waals surface area contributed by atoms with Crippen LogP contribution in [-0.2, 0) is 4.79 Å². The number of amides is 1. The summed E-state index contributed by atoms with van der Waals surface area (Å²) in [6.07, 6.45) is 0. The first-order valence-electron chi connectivity index (χ1n) is 5.41. The van der Waals surface area contributed by atoms with E-state index < -0.39 is 5.97 Å². The quantitative estimate of drug-likeness (QED) is 0.793. The van der Waals surface area contributed by atoms with Gasteiger partial charge in [-0.25, -0.2) is 4.79 Å². The van der Waals surface area contributed by atoms with E-state index in [0.29, 0.717) is 10.2 Å². The first-order valence-corrected chi connectivity index (χ1v) is 6.21. The van der Waals surface area contributed by atoms with Crippen molar-refractivity contribution in [1.29, 1.82) is 0 Å². The maximum absolute atomic E-state index is 11.8. The van der Waals surface area contributed by atoms with Crippen LogP contribution < -0.4 is 11.1 Å². The van der Waals surface area contributed by atoms with Crippen LogP contribution in [0.5, 0.6) is 0 Å². The van der Waals surface area contributed by atoms with E-state index in [2.05, 4.69) is 21.2 Å². The fourth-order valence-corrected chi connectivity index (χ4v) is 1.77. The van der Waals surface area contributed by atoms with Gasteiger partial charge in [-0.2, -0.15) is 0 Å². The van der Waals surface area contributed by atoms with E-state index in [1.54, 1.807) is 19.9 Å². The van der Waals surface area contributed by atoms with Gasteiger partial charge in [0, 0.05) is 16.2 Å². The maximum Gasteiger partial charge on any atom is 0.335 e. The van der Waals surface area contributed by atoms with Crippen LogP contribution in [0.2, 0.25) is 0 Å². The van der Waals surface area contributed by atoms with Crippen molar-refractivity contribution in [2.24, 2.45) is 11.7 Å². The molecule has 6 heteroatoms. The molecule has 98 valence electrons. The van der Waals surface area contributed by atoms with E-state index >= 15 is 0 Å². The number of hydrogen-bond acceptors (Lipinski definition) is 3. The molecule has 0 spiro atoms. The summed E-state index contributed by atoms with van der Waals surface area (Å²) >= 11 is 3.20. The van der Waals surface area contributed by atoms with Gasteiger partial charge in [-0.05, 0) is 25.1 Å². The summed E-state index contributed by atoms with van der Waals surface area (Å²) in [6, 6.07) is 4.24. The Bertz CT molecular complexity index is 474. The second-order valence-corrected chi connectivity index (χ2v) is 5.09. The van der Waals surface area contributed by atoms with Crippen molar-refractivity contribution >= 4 is 33.5 Å². The lowest BCUT2D eigenvalue weighted by Crippen LogP contribution is -2.34. The molecule has 1 rings (SSSR count). The van der Waals surface area contributed by atoms with E-state index in [1.807, 2.05) is 0 Å². The van der Waals surface area contributed by atoms with Gasteiger partial charge in [-0.1, -0.05) is 22.9 Å². The van der Waals surface area contributed by atoms with E-state index in [9.17, 15) is 9.59 Å². The smallest absolute Gasteiger partial charge is 0.335 e. The monoisotopic (exact) mass is 314 g/mol. The lowest BCUT2D eigenvalue weighted by molar-refractivity contribution is -0.119. The molecule has 5 nitrogen and oxygen atoms in total. The van der Waals surface area contributed by atoms with Crippen LogP contribution in [0.4, 0.5) is 5.69 Å². The molecule has 0 saturated carbocycles. The second-order valence-electron chi connectivity index (χ2n) is 4.17. The molecule has 1 amide bonds. The predicted octanol–water partition coefficient (Wildman–Crippen LogP) is 2.07. The van der Waals surface area contributed by atoms with E-state index in [0.717, 1.165) is 0 Å². The molecule has 1 aromatic carbocycles. The molecule has 0 bridgehead atoms. The first-order chi connectivity index (χ1) is 8.31. The van der Waals surface area contributed by atoms with Gasteiger partial charge in [0.15, 0.2) is 0 Å². The summed E-state index contributed by atoms with van der Waals surface area (Å²) in [7, 11) is 0. The third-order valence-electron chi connectivity index (χ3n) is 2.61. The molecule has 0 saturated heterocycles. The fourth-order valence-electron chi connectivity index (χ4n) is 1.28. The average molecular weight is 315 g/mol. The summed E-state index contributed by atoms with van der Waals surface area (Å²) in [5.41, 5.74) is 6.17. The number of aromatic carboxylic acids is 1. The Morgan fingerprint density at radius 3 is 2.44 bits per heavy atom. The molecule has 2 unspecified atom stereocenters. The van der Waals surface area contributed by atoms with Crippen molar-refractivity contribution in [2.45, 2.75) is 19.9 Å². The van der Waals surface area contributed by atoms with Gasteiger partial charge in [0.05, 0.1) is 11.5 Å². The van der Waals surface area contributed by atoms with Crippen LogP contribution in [0.1, 0.15) is 24.2 Å². The van der Waals surface area contributed by atoms with Gasteiger partial charge in [0.1, 0.15) is 0 Å². The van der Waals surface area contributed by atoms with Crippen molar-refractivity contribution in [3.63, 3.8) is 0 Å². The predicted molar refractivity (Wildman–Crippen MR) is 72.5 cm³/mol. The molecule has 0 radical (unpaired) electrons. The number of benzene rings is 1. The normalized spacial score (nSPS) is 13.8. The number of nitrogens with two attached hydrogens (primary N) is 1. The molecule has 2 atom stereocenters. The molecule has 0 aromatic heterocycles. The van der Waals surface area contributed by atoms with Crippen LogP contribution in [0, 0.1) is 5.92 Å². The molecule has 0 aliphatic carbocycles. The van der Waals surface area contributed by atoms with Gasteiger partial charge in [-0.15, -0.1) is 0 Å². The average Bonchev–Trinajstić information content (AvgIpc) is 2.26. The Labute approximate surface area is 113 Å². The Morgan fingerprint density at radius 2 is 1.94 bits per heavy atom. The lowest BCUT2D eigenvalue weighted by atomic mass is 10.0. The Morgan fingerprint density at radius 1 is 1.33 bits per heavy atom. The largest absolute Gasteiger partial charge is 0.478 e. The van der Waals surface area contributed by atoms with E-state index in [4.69, 9.17) is 10.8 Å². The topological polar surface area (TPSA) is 92.4 Å². The Balaban J connectivity index is 2.91. The SMILES string of the molecule is CC(N)C(C)C(=O)Nc1cc(Br)cc(C(=O)O)c1. The van der Waals surface area contributed by atoms with Gasteiger partial charge in [-0.3, -0.25) is 4.79 Å². The Hall–Kier alpha value is -1.40. The molecule has 0 aliphatic rings. The summed E-state index contributed by atoms with van der Waals surface area (Å²) in [6.45, 7) is 3.46. The lowest BCUT2D eigenvalue weighted by Gasteiger charge is -2.15. The number of hydrogen-bond donors (Lipinski definition) is 3. The van der Waals surface area contributed by atoms with Gasteiger partial charge in [0.2, 0.25) is 5.91 Å². The standard InChI is InChI=1S/C12H15BrN2O3/c1-6(7(2)14)11(16)15-10-4-8(12(17)18)3-9(13)5-10/h3-7H,14H2,1-2H3,(H,15,16)(H,17,18). The van der Waals surface area contributed by atoms with Crippen molar-refractivity contribution in [1.82, 2.24) is 0 Å². The minimum atomic E-state index is -1.05. The third kappa shape index (κ3) is 3.82. The summed E-state index contributed by atoms with van der Waals surface area (Å²) < 4.78 is 0.589. The highest BCUT2D eigenvalue weighted by Crippen LogP contribution is 2.20. The highest BCUT2D eigenvalue weighted by molar-refractivity contribution is 9.10. The number of carbonyl (C=O) groups is 2. The van der Waals surface area contributed by atoms with Crippen LogP contribution in [0.3, 0.4) is 0 Å². The minimum absolute atomic E-state index is 0.105. The molecule has 4 N–H and O–H groups in total. The van der Waals surface area contributed by atoms with Crippen molar-refractivity contribution in [2.75, 3.05) is 5.32 Å². The summed E-state index contributed by atoms with van der Waals surface area (Å²) in [5.74, 6) is -1.64. The fraction of sp³-hybridized carbons (Fsp3) is 0.333. The number of nitrogens with one attached hydrogen (secondary N) is 1. The number of carboxylic acid groups (broad SMARTS) is 1. The zero-order chi connectivity index (χ0) is 13.9. The van der Waals surface area contributed by atoms with Crippen LogP contribution >= 0.6 is 15.9 Å². The first kappa shape index (κ1) is 14.7.